The van der Waals surface area contributed by atoms with Gasteiger partial charge >= 0.3 is 222 Å². The van der Waals surface area contributed by atoms with Gasteiger partial charge in [0.1, 0.15) is 0 Å². The Bertz CT molecular complexity index is 373. The van der Waals surface area contributed by atoms with Gasteiger partial charge in [-0.05, 0) is 0 Å². The summed E-state index contributed by atoms with van der Waals surface area (Å²) in [7, 11) is -1.91. The van der Waals surface area contributed by atoms with Crippen LogP contribution in [0.5, 0.6) is 0 Å². The third-order valence-electron chi connectivity index (χ3n) is 8.41. The van der Waals surface area contributed by atoms with Gasteiger partial charge in [0.2, 0.25) is 0 Å². The van der Waals surface area contributed by atoms with E-state index < -0.39 is 14.5 Å². The Morgan fingerprint density at radius 1 is 0.382 bits per heavy atom. The van der Waals surface area contributed by atoms with E-state index in [-0.39, 0.29) is 7.92 Å². The van der Waals surface area contributed by atoms with Crippen molar-refractivity contribution in [3.63, 3.8) is 0 Å². The van der Waals surface area contributed by atoms with Crippen molar-refractivity contribution in [3.05, 3.63) is 0 Å². The molecular formula is C30H70NP3. The van der Waals surface area contributed by atoms with E-state index in [1.54, 1.807) is 49.3 Å². The van der Waals surface area contributed by atoms with E-state index in [9.17, 15) is 0 Å². The number of hydrogen-bond acceptors (Lipinski definition) is 1. The second kappa shape index (κ2) is 22.3. The monoisotopic (exact) mass is 537 g/mol. The molecule has 0 rings (SSSR count). The van der Waals surface area contributed by atoms with Crippen molar-refractivity contribution in [2.45, 2.75) is 107 Å². The molecule has 0 aromatic heterocycles. The average molecular weight is 538 g/mol. The first kappa shape index (κ1) is 35.2. The third-order valence-corrected chi connectivity index (χ3v) is 23.3. The van der Waals surface area contributed by atoms with Crippen LogP contribution in [0.3, 0.4) is 0 Å². The van der Waals surface area contributed by atoms with Crippen molar-refractivity contribution in [2.24, 2.45) is 0 Å². The fourth-order valence-electron chi connectivity index (χ4n) is 7.06. The van der Waals surface area contributed by atoms with Crippen molar-refractivity contribution >= 4 is 22.4 Å². The molecule has 0 aliphatic heterocycles. The fraction of sp³-hybridized carbons (Fsp3) is 1.00. The van der Waals surface area contributed by atoms with Crippen molar-refractivity contribution in [1.29, 1.82) is 0 Å². The molecular weight excluding hydrogens is 467 g/mol. The zero-order valence-electron chi connectivity index (χ0n) is 25.5. The van der Waals surface area contributed by atoms with Crippen LogP contribution in [0, 0.1) is 0 Å². The van der Waals surface area contributed by atoms with Gasteiger partial charge < -0.3 is 0 Å². The van der Waals surface area contributed by atoms with Crippen molar-refractivity contribution in [2.75, 3.05) is 87.4 Å². The van der Waals surface area contributed by atoms with Crippen molar-refractivity contribution < 1.29 is 0 Å². The molecule has 0 fully saturated rings. The van der Waals surface area contributed by atoms with Crippen molar-refractivity contribution in [3.8, 4) is 0 Å². The van der Waals surface area contributed by atoms with Gasteiger partial charge in [0.25, 0.3) is 0 Å². The van der Waals surface area contributed by atoms with E-state index >= 15 is 0 Å². The Labute approximate surface area is 221 Å². The van der Waals surface area contributed by atoms with Crippen LogP contribution in [0.1, 0.15) is 107 Å². The summed E-state index contributed by atoms with van der Waals surface area (Å²) in [6.45, 7) is 23.8. The summed E-state index contributed by atoms with van der Waals surface area (Å²) in [5, 5.41) is 0. The molecule has 0 saturated heterocycles. The Morgan fingerprint density at radius 2 is 0.706 bits per heavy atom. The van der Waals surface area contributed by atoms with Crippen LogP contribution in [-0.4, -0.2) is 92.3 Å². The fourth-order valence-corrected chi connectivity index (χ4v) is 20.5. The molecule has 34 heavy (non-hydrogen) atoms. The van der Waals surface area contributed by atoms with Gasteiger partial charge in [-0.25, -0.2) is 0 Å². The third kappa shape index (κ3) is 14.9. The Hall–Kier alpha value is 1.25. The van der Waals surface area contributed by atoms with Gasteiger partial charge in [0.05, 0.1) is 0 Å². The molecule has 0 aromatic rings. The molecule has 1 nitrogen and oxygen atoms in total. The zero-order chi connectivity index (χ0) is 25.7. The second-order valence-electron chi connectivity index (χ2n) is 11.7. The van der Waals surface area contributed by atoms with Crippen LogP contribution >= 0.6 is 22.4 Å². The molecule has 0 aliphatic rings. The Kier molecular flexibility index (Phi) is 23.1. The summed E-state index contributed by atoms with van der Waals surface area (Å²) in [5.41, 5.74) is 0. The van der Waals surface area contributed by atoms with E-state index in [0.717, 1.165) is 0 Å². The molecule has 0 aliphatic carbocycles. The molecule has 0 saturated carbocycles. The SMILES string of the molecule is CCCP(CCC)CCN(CC[PH](CCC)(CCC)CCC)CC[PH](CCC)(CCC)CCC. The summed E-state index contributed by atoms with van der Waals surface area (Å²) in [4.78, 5) is 3.03. The van der Waals surface area contributed by atoms with Gasteiger partial charge in [0, 0.05) is 0 Å². The molecule has 0 aromatic carbocycles. The molecule has 210 valence electrons. The molecule has 0 N–H and O–H groups in total. The Balaban J connectivity index is 5.52. The van der Waals surface area contributed by atoms with Gasteiger partial charge in [-0.1, -0.05) is 0 Å². The number of rotatable bonds is 25. The minimum absolute atomic E-state index is 0.270. The first-order valence-corrected chi connectivity index (χ1v) is 23.4. The summed E-state index contributed by atoms with van der Waals surface area (Å²) in [6, 6.07) is 0. The molecule has 0 amide bonds. The predicted octanol–water partition coefficient (Wildman–Crippen LogP) is 9.55. The van der Waals surface area contributed by atoms with Gasteiger partial charge in [-0.15, -0.1) is 0 Å². The first-order chi connectivity index (χ1) is 16.4. The van der Waals surface area contributed by atoms with E-state index in [2.05, 4.69) is 60.3 Å². The number of nitrogens with zero attached hydrogens (tertiary/aromatic N) is 1. The van der Waals surface area contributed by atoms with Crippen LogP contribution in [0.4, 0.5) is 0 Å². The predicted molar refractivity (Wildman–Crippen MR) is 176 cm³/mol. The standard InChI is InChI=1S/C30H70NP3/c1-9-20-32(21-10-2)22-17-31(18-29-33(23-11-3,24-12-4)25-13-5)19-30-34(26-14-6,27-15-7)28-16-8/h33-34H,9-30H2,1-8H3. The first-order valence-electron chi connectivity index (χ1n) is 15.9. The molecule has 4 heteroatoms. The van der Waals surface area contributed by atoms with Gasteiger partial charge in [0.15, 0.2) is 0 Å². The van der Waals surface area contributed by atoms with Crippen molar-refractivity contribution in [1.82, 2.24) is 4.90 Å². The second-order valence-corrected chi connectivity index (χ2v) is 24.4. The molecule has 0 atom stereocenters. The summed E-state index contributed by atoms with van der Waals surface area (Å²) >= 11 is 0. The maximum absolute atomic E-state index is 3.03. The summed E-state index contributed by atoms with van der Waals surface area (Å²) in [6.07, 6.45) is 28.5. The molecule has 0 radical (unpaired) electrons. The molecule has 0 unspecified atom stereocenters. The van der Waals surface area contributed by atoms with E-state index in [4.69, 9.17) is 0 Å². The Morgan fingerprint density at radius 3 is 0.971 bits per heavy atom. The molecule has 0 spiro atoms. The normalized spacial score (nSPS) is 13.8. The quantitative estimate of drug-likeness (QED) is 0.105. The van der Waals surface area contributed by atoms with Gasteiger partial charge in [-0.2, -0.15) is 0 Å². The van der Waals surface area contributed by atoms with Crippen LogP contribution in [-0.2, 0) is 0 Å². The van der Waals surface area contributed by atoms with Crippen LogP contribution in [0.25, 0.3) is 0 Å². The average Bonchev–Trinajstić information content (AvgIpc) is 2.80. The maximum atomic E-state index is 3.03. The van der Waals surface area contributed by atoms with E-state index in [1.807, 2.05) is 0 Å². The number of hydrogen-bond donors (Lipinski definition) is 0. The molecule has 0 heterocycles. The summed E-state index contributed by atoms with van der Waals surface area (Å²) in [5.74, 6) is 0. The van der Waals surface area contributed by atoms with Crippen LogP contribution < -0.4 is 0 Å². The molecule has 0 bridgehead atoms. The minimum atomic E-state index is -1.09. The topological polar surface area (TPSA) is 3.24 Å². The van der Waals surface area contributed by atoms with Gasteiger partial charge in [-0.3, -0.25) is 0 Å². The van der Waals surface area contributed by atoms with E-state index in [1.165, 1.54) is 89.5 Å². The van der Waals surface area contributed by atoms with Crippen LogP contribution in [0.15, 0.2) is 0 Å². The van der Waals surface area contributed by atoms with Crippen LogP contribution in [0.2, 0.25) is 0 Å². The van der Waals surface area contributed by atoms with E-state index in [0.29, 0.717) is 0 Å². The summed E-state index contributed by atoms with van der Waals surface area (Å²) < 4.78 is 0. The zero-order valence-corrected chi connectivity index (χ0v) is 28.3.